The highest BCUT2D eigenvalue weighted by Gasteiger charge is 2.18. The molecule has 20 heavy (non-hydrogen) atoms. The molecule has 0 aliphatic rings. The molecule has 0 aromatic carbocycles. The quantitative estimate of drug-likeness (QED) is 0.725. The van der Waals surface area contributed by atoms with E-state index in [2.05, 4.69) is 15.0 Å². The molecule has 2 heterocycles. The van der Waals surface area contributed by atoms with Crippen LogP contribution >= 0.6 is 11.3 Å². The van der Waals surface area contributed by atoms with E-state index < -0.39 is 10.0 Å². The summed E-state index contributed by atoms with van der Waals surface area (Å²) in [6, 6.07) is 1.58. The number of rotatable bonds is 7. The standard InChI is InChI=1S/C11H16N4O3S2/c1-9-7-11(19-10(9)8-16)20(17,18)13-3-2-5-15-6-4-12-14-15/h4,6-7,13,16H,2-3,5,8H2,1H3. The average molecular weight is 316 g/mol. The maximum Gasteiger partial charge on any atom is 0.250 e. The van der Waals surface area contributed by atoms with Gasteiger partial charge in [-0.25, -0.2) is 13.1 Å². The van der Waals surface area contributed by atoms with Crippen LogP contribution in [0.2, 0.25) is 0 Å². The lowest BCUT2D eigenvalue weighted by atomic mass is 10.3. The van der Waals surface area contributed by atoms with Gasteiger partial charge >= 0.3 is 0 Å². The summed E-state index contributed by atoms with van der Waals surface area (Å²) in [5, 5.41) is 16.6. The number of hydrogen-bond donors (Lipinski definition) is 2. The molecule has 2 rings (SSSR count). The van der Waals surface area contributed by atoms with Crippen LogP contribution in [-0.2, 0) is 23.2 Å². The third kappa shape index (κ3) is 3.63. The first-order valence-corrected chi connectivity index (χ1v) is 8.37. The summed E-state index contributed by atoms with van der Waals surface area (Å²) in [7, 11) is -3.50. The number of sulfonamides is 1. The van der Waals surface area contributed by atoms with E-state index >= 15 is 0 Å². The largest absolute Gasteiger partial charge is 0.391 e. The first kappa shape index (κ1) is 15.1. The lowest BCUT2D eigenvalue weighted by Crippen LogP contribution is -2.25. The molecule has 2 N–H and O–H groups in total. The molecule has 0 saturated carbocycles. The number of aliphatic hydroxyl groups is 1. The van der Waals surface area contributed by atoms with Gasteiger partial charge in [-0.15, -0.1) is 16.4 Å². The van der Waals surface area contributed by atoms with Crippen LogP contribution in [0.4, 0.5) is 0 Å². The van der Waals surface area contributed by atoms with Gasteiger partial charge in [0.25, 0.3) is 0 Å². The Bertz CT molecular complexity index is 649. The molecule has 0 saturated heterocycles. The zero-order valence-electron chi connectivity index (χ0n) is 11.0. The van der Waals surface area contributed by atoms with Crippen molar-refractivity contribution < 1.29 is 13.5 Å². The Hall–Kier alpha value is -1.29. The predicted octanol–water partition coefficient (Wildman–Crippen LogP) is 0.509. The fourth-order valence-electron chi connectivity index (χ4n) is 1.65. The molecule has 0 atom stereocenters. The lowest BCUT2D eigenvalue weighted by molar-refractivity contribution is 0.285. The minimum atomic E-state index is -3.50. The number of aromatic nitrogens is 3. The summed E-state index contributed by atoms with van der Waals surface area (Å²) >= 11 is 1.09. The molecule has 0 spiro atoms. The monoisotopic (exact) mass is 316 g/mol. The van der Waals surface area contributed by atoms with Crippen molar-refractivity contribution in [3.8, 4) is 0 Å². The fourth-order valence-corrected chi connectivity index (χ4v) is 4.22. The molecule has 2 aromatic rings. The molecule has 0 amide bonds. The van der Waals surface area contributed by atoms with Crippen LogP contribution in [0.3, 0.4) is 0 Å². The van der Waals surface area contributed by atoms with E-state index in [0.29, 0.717) is 24.4 Å². The molecule has 0 radical (unpaired) electrons. The molecular formula is C11H16N4O3S2. The molecule has 0 bridgehead atoms. The Morgan fingerprint density at radius 2 is 2.30 bits per heavy atom. The maximum absolute atomic E-state index is 12.1. The van der Waals surface area contributed by atoms with E-state index in [4.69, 9.17) is 5.11 Å². The van der Waals surface area contributed by atoms with Crippen molar-refractivity contribution in [2.75, 3.05) is 6.54 Å². The maximum atomic E-state index is 12.1. The summed E-state index contributed by atoms with van der Waals surface area (Å²) < 4.78 is 28.5. The van der Waals surface area contributed by atoms with Gasteiger partial charge in [0.05, 0.1) is 12.8 Å². The first-order chi connectivity index (χ1) is 9.53. The van der Waals surface area contributed by atoms with E-state index in [1.165, 1.54) is 0 Å². The van der Waals surface area contributed by atoms with Crippen LogP contribution in [0.1, 0.15) is 16.9 Å². The average Bonchev–Trinajstić information content (AvgIpc) is 3.04. The van der Waals surface area contributed by atoms with Crippen molar-refractivity contribution in [3.05, 3.63) is 28.9 Å². The van der Waals surface area contributed by atoms with E-state index in [0.717, 1.165) is 16.9 Å². The smallest absolute Gasteiger partial charge is 0.250 e. The Kier molecular flexibility index (Phi) is 4.86. The summed E-state index contributed by atoms with van der Waals surface area (Å²) in [5.74, 6) is 0. The molecule has 2 aromatic heterocycles. The Balaban J connectivity index is 1.90. The van der Waals surface area contributed by atoms with E-state index in [1.54, 1.807) is 30.1 Å². The number of hydrogen-bond acceptors (Lipinski definition) is 6. The Morgan fingerprint density at radius 1 is 1.50 bits per heavy atom. The minimum absolute atomic E-state index is 0.141. The Labute approximate surface area is 121 Å². The highest BCUT2D eigenvalue weighted by Crippen LogP contribution is 2.25. The predicted molar refractivity (Wildman–Crippen MR) is 74.8 cm³/mol. The number of thiophene rings is 1. The molecule has 0 aliphatic heterocycles. The summed E-state index contributed by atoms with van der Waals surface area (Å²) in [5.41, 5.74) is 0.792. The lowest BCUT2D eigenvalue weighted by Gasteiger charge is -2.04. The highest BCUT2D eigenvalue weighted by molar-refractivity contribution is 7.91. The van der Waals surface area contributed by atoms with Crippen molar-refractivity contribution in [2.24, 2.45) is 0 Å². The van der Waals surface area contributed by atoms with E-state index in [9.17, 15) is 8.42 Å². The van der Waals surface area contributed by atoms with Gasteiger partial charge in [0.15, 0.2) is 0 Å². The van der Waals surface area contributed by atoms with E-state index in [-0.39, 0.29) is 10.8 Å². The summed E-state index contributed by atoms with van der Waals surface area (Å²) in [6.07, 6.45) is 3.93. The zero-order chi connectivity index (χ0) is 14.6. The molecule has 110 valence electrons. The van der Waals surface area contributed by atoms with Gasteiger partial charge in [0.2, 0.25) is 10.0 Å². The van der Waals surface area contributed by atoms with Crippen molar-refractivity contribution in [1.29, 1.82) is 0 Å². The van der Waals surface area contributed by atoms with Gasteiger partial charge in [-0.1, -0.05) is 5.21 Å². The number of nitrogens with one attached hydrogen (secondary N) is 1. The molecule has 0 unspecified atom stereocenters. The second-order valence-electron chi connectivity index (χ2n) is 4.25. The van der Waals surface area contributed by atoms with E-state index in [1.807, 2.05) is 0 Å². The molecular weight excluding hydrogens is 300 g/mol. The highest BCUT2D eigenvalue weighted by atomic mass is 32.2. The first-order valence-electron chi connectivity index (χ1n) is 6.07. The van der Waals surface area contributed by atoms with Gasteiger partial charge in [0, 0.05) is 24.2 Å². The normalized spacial score (nSPS) is 11.9. The van der Waals surface area contributed by atoms with Crippen LogP contribution in [0, 0.1) is 6.92 Å². The topological polar surface area (TPSA) is 97.1 Å². The van der Waals surface area contributed by atoms with Crippen molar-refractivity contribution in [1.82, 2.24) is 19.7 Å². The second-order valence-corrected chi connectivity index (χ2v) is 7.38. The van der Waals surface area contributed by atoms with Crippen molar-refractivity contribution in [3.63, 3.8) is 0 Å². The summed E-state index contributed by atoms with van der Waals surface area (Å²) in [4.78, 5) is 0.674. The van der Waals surface area contributed by atoms with Crippen LogP contribution in [0.5, 0.6) is 0 Å². The molecule has 0 fully saturated rings. The second kappa shape index (κ2) is 6.44. The van der Waals surface area contributed by atoms with Crippen molar-refractivity contribution in [2.45, 2.75) is 30.7 Å². The van der Waals surface area contributed by atoms with Gasteiger partial charge in [-0.05, 0) is 25.0 Å². The number of aryl methyl sites for hydroxylation is 2. The minimum Gasteiger partial charge on any atom is -0.391 e. The zero-order valence-corrected chi connectivity index (χ0v) is 12.6. The SMILES string of the molecule is Cc1cc(S(=O)(=O)NCCCn2ccnn2)sc1CO. The molecule has 0 aliphatic carbocycles. The van der Waals surface area contributed by atoms with Gasteiger partial charge in [-0.2, -0.15) is 0 Å². The third-order valence-electron chi connectivity index (χ3n) is 2.73. The van der Waals surface area contributed by atoms with Crippen LogP contribution < -0.4 is 4.72 Å². The van der Waals surface area contributed by atoms with Crippen molar-refractivity contribution >= 4 is 21.4 Å². The Morgan fingerprint density at radius 3 is 2.90 bits per heavy atom. The number of aliphatic hydroxyl groups excluding tert-OH is 1. The summed E-state index contributed by atoms with van der Waals surface area (Å²) in [6.45, 7) is 2.57. The van der Waals surface area contributed by atoms with Crippen LogP contribution in [-0.4, -0.2) is 35.1 Å². The van der Waals surface area contributed by atoms with Gasteiger partial charge in [-0.3, -0.25) is 4.68 Å². The molecule has 9 heteroatoms. The fraction of sp³-hybridized carbons (Fsp3) is 0.455. The molecule has 7 nitrogen and oxygen atoms in total. The van der Waals surface area contributed by atoms with Gasteiger partial charge in [0.1, 0.15) is 4.21 Å². The number of nitrogens with zero attached hydrogens (tertiary/aromatic N) is 3. The van der Waals surface area contributed by atoms with Crippen LogP contribution in [0.15, 0.2) is 22.7 Å². The van der Waals surface area contributed by atoms with Crippen LogP contribution in [0.25, 0.3) is 0 Å². The third-order valence-corrected chi connectivity index (χ3v) is 5.89. The van der Waals surface area contributed by atoms with Gasteiger partial charge < -0.3 is 5.11 Å².